The third-order valence-electron chi connectivity index (χ3n) is 3.87. The molecule has 0 spiro atoms. The topological polar surface area (TPSA) is 18.5 Å². The normalized spacial score (nSPS) is 20.8. The molecule has 1 aromatic carbocycles. The second-order valence-corrected chi connectivity index (χ2v) is 5.78. The van der Waals surface area contributed by atoms with Crippen LogP contribution in [0.25, 0.3) is 0 Å². The molecule has 1 heterocycles. The summed E-state index contributed by atoms with van der Waals surface area (Å²) in [5, 5.41) is 0. The second kappa shape index (κ2) is 4.74. The monoisotopic (exact) mass is 290 g/mol. The molecular weight excluding hydrogens is 275 g/mol. The minimum absolute atomic E-state index is 0.183. The Kier molecular flexibility index (Phi) is 3.63. The van der Waals surface area contributed by atoms with Crippen molar-refractivity contribution in [3.8, 4) is 0 Å². The van der Waals surface area contributed by atoms with Crippen molar-refractivity contribution < 1.29 is 26.9 Å². The molecule has 1 saturated heterocycles. The molecule has 0 amide bonds. The first kappa shape index (κ1) is 15.3. The maximum Gasteiger partial charge on any atom is 0.495 e. The molecule has 0 atom stereocenters. The van der Waals surface area contributed by atoms with Crippen LogP contribution < -0.4 is 5.46 Å². The van der Waals surface area contributed by atoms with E-state index in [2.05, 4.69) is 0 Å². The van der Waals surface area contributed by atoms with Crippen molar-refractivity contribution in [2.24, 2.45) is 0 Å². The number of halogens is 4. The van der Waals surface area contributed by atoms with Crippen LogP contribution in [0.5, 0.6) is 0 Å². The highest BCUT2D eigenvalue weighted by molar-refractivity contribution is 6.62. The average Bonchev–Trinajstić information content (AvgIpc) is 2.51. The molecule has 1 aliphatic rings. The molecule has 0 N–H and O–H groups in total. The number of alkyl halides is 2. The summed E-state index contributed by atoms with van der Waals surface area (Å²) in [7, 11) is -1.15. The summed E-state index contributed by atoms with van der Waals surface area (Å²) < 4.78 is 63.6. The number of benzene rings is 1. The number of rotatable bonds is 2. The maximum absolute atomic E-state index is 13.3. The molecule has 110 valence electrons. The van der Waals surface area contributed by atoms with Gasteiger partial charge in [0.2, 0.25) is 0 Å². The summed E-state index contributed by atoms with van der Waals surface area (Å²) in [5.74, 6) is -2.53. The van der Waals surface area contributed by atoms with Gasteiger partial charge < -0.3 is 9.31 Å². The van der Waals surface area contributed by atoms with Gasteiger partial charge in [0.25, 0.3) is 6.43 Å². The average molecular weight is 290 g/mol. The fourth-order valence-corrected chi connectivity index (χ4v) is 1.94. The van der Waals surface area contributed by atoms with Gasteiger partial charge in [-0.2, -0.15) is 0 Å². The van der Waals surface area contributed by atoms with E-state index in [9.17, 15) is 17.6 Å². The predicted octanol–water partition coefficient (Wildman–Crippen LogP) is 3.20. The van der Waals surface area contributed by atoms with E-state index in [0.29, 0.717) is 12.1 Å². The Morgan fingerprint density at radius 2 is 1.40 bits per heavy atom. The molecule has 1 fully saturated rings. The van der Waals surface area contributed by atoms with Crippen molar-refractivity contribution in [3.63, 3.8) is 0 Å². The highest BCUT2D eigenvalue weighted by atomic mass is 19.3. The van der Waals surface area contributed by atoms with Crippen molar-refractivity contribution in [1.29, 1.82) is 0 Å². The third-order valence-corrected chi connectivity index (χ3v) is 3.87. The molecule has 0 aliphatic carbocycles. The van der Waals surface area contributed by atoms with Crippen LogP contribution in [-0.2, 0) is 9.31 Å². The van der Waals surface area contributed by atoms with E-state index >= 15 is 0 Å². The van der Waals surface area contributed by atoms with Crippen LogP contribution in [0.1, 0.15) is 39.7 Å². The van der Waals surface area contributed by atoms with Crippen LogP contribution in [0.2, 0.25) is 0 Å². The molecule has 0 saturated carbocycles. The highest BCUT2D eigenvalue weighted by Crippen LogP contribution is 2.37. The molecule has 0 bridgehead atoms. The smallest absolute Gasteiger partial charge is 0.399 e. The quantitative estimate of drug-likeness (QED) is 0.615. The van der Waals surface area contributed by atoms with Gasteiger partial charge in [-0.15, -0.1) is 0 Å². The Hall–Kier alpha value is -1.08. The van der Waals surface area contributed by atoms with Crippen molar-refractivity contribution in [2.75, 3.05) is 0 Å². The van der Waals surface area contributed by atoms with Crippen LogP contribution in [0, 0.1) is 11.6 Å². The third kappa shape index (κ3) is 2.44. The first-order chi connectivity index (χ1) is 9.05. The molecule has 7 heteroatoms. The van der Waals surface area contributed by atoms with Crippen molar-refractivity contribution in [2.45, 2.75) is 45.3 Å². The molecule has 0 unspecified atom stereocenters. The van der Waals surface area contributed by atoms with Crippen LogP contribution in [0.15, 0.2) is 12.1 Å². The number of hydrogen-bond donors (Lipinski definition) is 0. The number of hydrogen-bond acceptors (Lipinski definition) is 2. The molecule has 2 nitrogen and oxygen atoms in total. The van der Waals surface area contributed by atoms with E-state index in [1.165, 1.54) is 0 Å². The zero-order valence-electron chi connectivity index (χ0n) is 11.6. The minimum atomic E-state index is -2.95. The molecule has 0 radical (unpaired) electrons. The Bertz CT molecular complexity index is 515. The Morgan fingerprint density at radius 1 is 0.950 bits per heavy atom. The Balaban J connectivity index is 2.47. The van der Waals surface area contributed by atoms with E-state index in [1.807, 2.05) is 0 Å². The zero-order chi connectivity index (χ0) is 15.3. The highest BCUT2D eigenvalue weighted by Gasteiger charge is 2.52. The molecule has 1 aliphatic heterocycles. The van der Waals surface area contributed by atoms with Crippen LogP contribution in [0.4, 0.5) is 17.6 Å². The Labute approximate surface area is 115 Å². The van der Waals surface area contributed by atoms with Gasteiger partial charge in [0.1, 0.15) is 0 Å². The summed E-state index contributed by atoms with van der Waals surface area (Å²) in [6, 6.07) is 1.19. The van der Waals surface area contributed by atoms with Crippen molar-refractivity contribution >= 4 is 12.6 Å². The molecule has 20 heavy (non-hydrogen) atoms. The van der Waals surface area contributed by atoms with Gasteiger partial charge in [-0.05, 0) is 45.3 Å². The summed E-state index contributed by atoms with van der Waals surface area (Å²) in [6.07, 6.45) is -2.95. The fourth-order valence-electron chi connectivity index (χ4n) is 1.94. The van der Waals surface area contributed by atoms with Crippen LogP contribution >= 0.6 is 0 Å². The summed E-state index contributed by atoms with van der Waals surface area (Å²) in [6.45, 7) is 6.98. The lowest BCUT2D eigenvalue weighted by Crippen LogP contribution is -2.41. The van der Waals surface area contributed by atoms with Gasteiger partial charge in [-0.1, -0.05) is 0 Å². The predicted molar refractivity (Wildman–Crippen MR) is 67.0 cm³/mol. The van der Waals surface area contributed by atoms with Gasteiger partial charge in [0, 0.05) is 5.56 Å². The van der Waals surface area contributed by atoms with E-state index < -0.39 is 41.9 Å². The van der Waals surface area contributed by atoms with Gasteiger partial charge in [-0.25, -0.2) is 17.6 Å². The van der Waals surface area contributed by atoms with Crippen LogP contribution in [-0.4, -0.2) is 18.3 Å². The maximum atomic E-state index is 13.3. The molecule has 0 aromatic heterocycles. The van der Waals surface area contributed by atoms with Gasteiger partial charge in [0.05, 0.1) is 11.2 Å². The summed E-state index contributed by atoms with van der Waals surface area (Å²) in [4.78, 5) is 0. The lowest BCUT2D eigenvalue weighted by molar-refractivity contribution is 0.00578. The van der Waals surface area contributed by atoms with Gasteiger partial charge in [0.15, 0.2) is 11.6 Å². The largest absolute Gasteiger partial charge is 0.495 e. The lowest BCUT2D eigenvalue weighted by Gasteiger charge is -2.32. The summed E-state index contributed by atoms with van der Waals surface area (Å²) in [5.41, 5.74) is -2.30. The minimum Gasteiger partial charge on any atom is -0.399 e. The van der Waals surface area contributed by atoms with Crippen LogP contribution in [0.3, 0.4) is 0 Å². The SMILES string of the molecule is CC1(C)OB(c2cc(F)c(F)cc2C(F)F)OC1(C)C. The fraction of sp³-hybridized carbons (Fsp3) is 0.538. The van der Waals surface area contributed by atoms with E-state index in [4.69, 9.17) is 9.31 Å². The second-order valence-electron chi connectivity index (χ2n) is 5.78. The lowest BCUT2D eigenvalue weighted by atomic mass is 9.76. The standard InChI is InChI=1S/C13H15BF4O2/c1-12(2)13(3,4)20-14(19-12)8-6-10(16)9(15)5-7(8)11(17)18/h5-6,11H,1-4H3. The molecule has 2 rings (SSSR count). The Morgan fingerprint density at radius 3 is 1.85 bits per heavy atom. The molecule has 1 aromatic rings. The van der Waals surface area contributed by atoms with Crippen molar-refractivity contribution in [1.82, 2.24) is 0 Å². The van der Waals surface area contributed by atoms with Crippen molar-refractivity contribution in [3.05, 3.63) is 29.3 Å². The van der Waals surface area contributed by atoms with E-state index in [1.54, 1.807) is 27.7 Å². The summed E-state index contributed by atoms with van der Waals surface area (Å²) >= 11 is 0. The zero-order valence-corrected chi connectivity index (χ0v) is 11.6. The van der Waals surface area contributed by atoms with Gasteiger partial charge >= 0.3 is 7.12 Å². The van der Waals surface area contributed by atoms with E-state index in [0.717, 1.165) is 0 Å². The first-order valence-electron chi connectivity index (χ1n) is 6.18. The molecular formula is C13H15BF4O2. The van der Waals surface area contributed by atoms with E-state index in [-0.39, 0.29) is 5.46 Å². The first-order valence-corrected chi connectivity index (χ1v) is 6.18. The van der Waals surface area contributed by atoms with Gasteiger partial charge in [-0.3, -0.25) is 0 Å².